The molecule has 0 spiro atoms. The number of thiophene rings is 1. The van der Waals surface area contributed by atoms with Gasteiger partial charge in [-0.2, -0.15) is 0 Å². The zero-order valence-electron chi connectivity index (χ0n) is 8.86. The van der Waals surface area contributed by atoms with Gasteiger partial charge in [-0.3, -0.25) is 4.79 Å². The molecule has 2 aromatic rings. The molecule has 0 saturated carbocycles. The largest absolute Gasteiger partial charge is 0.399 e. The van der Waals surface area contributed by atoms with Crippen LogP contribution in [0.15, 0.2) is 29.6 Å². The number of nitrogen functional groups attached to an aromatic ring is 2. The number of carbonyl (C=O) groups is 1. The van der Waals surface area contributed by atoms with Crippen molar-refractivity contribution >= 4 is 28.5 Å². The van der Waals surface area contributed by atoms with E-state index in [2.05, 4.69) is 0 Å². The van der Waals surface area contributed by atoms with Crippen LogP contribution in [0.3, 0.4) is 0 Å². The van der Waals surface area contributed by atoms with Gasteiger partial charge >= 0.3 is 0 Å². The van der Waals surface area contributed by atoms with E-state index in [0.717, 1.165) is 16.0 Å². The molecule has 4 N–H and O–H groups in total. The monoisotopic (exact) mass is 232 g/mol. The van der Waals surface area contributed by atoms with E-state index in [-0.39, 0.29) is 5.78 Å². The summed E-state index contributed by atoms with van der Waals surface area (Å²) in [6.45, 7) is 1.55. The van der Waals surface area contributed by atoms with Gasteiger partial charge in [0.25, 0.3) is 0 Å². The number of benzene rings is 1. The Morgan fingerprint density at radius 1 is 1.19 bits per heavy atom. The smallest absolute Gasteiger partial charge is 0.170 e. The maximum Gasteiger partial charge on any atom is 0.170 e. The van der Waals surface area contributed by atoms with Crippen molar-refractivity contribution in [3.63, 3.8) is 0 Å². The minimum absolute atomic E-state index is 0.0480. The number of nitrogens with two attached hydrogens (primary N) is 2. The van der Waals surface area contributed by atoms with Crippen LogP contribution in [0, 0.1) is 0 Å². The Hall–Kier alpha value is -1.81. The minimum atomic E-state index is 0.0480. The number of carbonyl (C=O) groups excluding carboxylic acids is 1. The van der Waals surface area contributed by atoms with Crippen molar-refractivity contribution in [2.75, 3.05) is 11.5 Å². The van der Waals surface area contributed by atoms with E-state index in [1.807, 2.05) is 11.4 Å². The molecule has 0 saturated heterocycles. The van der Waals surface area contributed by atoms with Crippen molar-refractivity contribution in [2.24, 2.45) is 0 Å². The number of hydrogen-bond acceptors (Lipinski definition) is 4. The lowest BCUT2D eigenvalue weighted by Gasteiger charge is -2.06. The first-order valence-corrected chi connectivity index (χ1v) is 5.71. The summed E-state index contributed by atoms with van der Waals surface area (Å²) in [4.78, 5) is 12.2. The molecule has 0 aliphatic heterocycles. The van der Waals surface area contributed by atoms with Gasteiger partial charge in [0, 0.05) is 22.5 Å². The second kappa shape index (κ2) is 3.98. The second-order valence-electron chi connectivity index (χ2n) is 3.57. The van der Waals surface area contributed by atoms with E-state index in [4.69, 9.17) is 11.5 Å². The highest BCUT2D eigenvalue weighted by molar-refractivity contribution is 7.12. The molecule has 0 aliphatic rings. The SMILES string of the molecule is CC(=O)c1sccc1-c1cc(N)ccc1N. The van der Waals surface area contributed by atoms with Gasteiger partial charge in [-0.15, -0.1) is 11.3 Å². The first-order chi connectivity index (χ1) is 7.59. The Morgan fingerprint density at radius 2 is 1.94 bits per heavy atom. The van der Waals surface area contributed by atoms with E-state index < -0.39 is 0 Å². The Bertz CT molecular complexity index is 546. The molecular formula is C12H12N2OS. The van der Waals surface area contributed by atoms with E-state index in [1.54, 1.807) is 25.1 Å². The molecule has 0 radical (unpaired) electrons. The van der Waals surface area contributed by atoms with E-state index in [0.29, 0.717) is 11.4 Å². The first kappa shape index (κ1) is 10.7. The third-order valence-electron chi connectivity index (χ3n) is 2.35. The van der Waals surface area contributed by atoms with Gasteiger partial charge in [-0.25, -0.2) is 0 Å². The lowest BCUT2D eigenvalue weighted by molar-refractivity contribution is 0.102. The highest BCUT2D eigenvalue weighted by atomic mass is 32.1. The van der Waals surface area contributed by atoms with Crippen LogP contribution in [-0.2, 0) is 0 Å². The van der Waals surface area contributed by atoms with Gasteiger partial charge in [-0.1, -0.05) is 0 Å². The van der Waals surface area contributed by atoms with Crippen LogP contribution in [0.4, 0.5) is 11.4 Å². The minimum Gasteiger partial charge on any atom is -0.399 e. The number of Topliss-reactive ketones (excluding diaryl/α,β-unsaturated/α-hetero) is 1. The summed E-state index contributed by atoms with van der Waals surface area (Å²) in [5.74, 6) is 0.0480. The predicted molar refractivity (Wildman–Crippen MR) is 68.6 cm³/mol. The number of rotatable bonds is 2. The second-order valence-corrected chi connectivity index (χ2v) is 4.48. The van der Waals surface area contributed by atoms with Crippen LogP contribution < -0.4 is 11.5 Å². The molecule has 0 fully saturated rings. The van der Waals surface area contributed by atoms with Gasteiger partial charge in [0.1, 0.15) is 0 Å². The Kier molecular flexibility index (Phi) is 2.66. The van der Waals surface area contributed by atoms with E-state index in [1.165, 1.54) is 11.3 Å². The molecule has 0 aliphatic carbocycles. The summed E-state index contributed by atoms with van der Waals surface area (Å²) in [6, 6.07) is 7.20. The molecule has 0 unspecified atom stereocenters. The fourth-order valence-corrected chi connectivity index (χ4v) is 2.41. The fraction of sp³-hybridized carbons (Fsp3) is 0.0833. The molecule has 16 heavy (non-hydrogen) atoms. The topological polar surface area (TPSA) is 69.1 Å². The highest BCUT2D eigenvalue weighted by Crippen LogP contribution is 2.33. The normalized spacial score (nSPS) is 10.3. The molecule has 1 heterocycles. The Balaban J connectivity index is 2.62. The van der Waals surface area contributed by atoms with Gasteiger partial charge < -0.3 is 11.5 Å². The van der Waals surface area contributed by atoms with Crippen molar-refractivity contribution < 1.29 is 4.79 Å². The summed E-state index contributed by atoms with van der Waals surface area (Å²) in [7, 11) is 0. The van der Waals surface area contributed by atoms with Crippen LogP contribution in [0.5, 0.6) is 0 Å². The van der Waals surface area contributed by atoms with Gasteiger partial charge in [0.2, 0.25) is 0 Å². The molecule has 2 rings (SSSR count). The number of ketones is 1. The van der Waals surface area contributed by atoms with Gasteiger partial charge in [0.15, 0.2) is 5.78 Å². The summed E-state index contributed by atoms with van der Waals surface area (Å²) in [5.41, 5.74) is 14.6. The van der Waals surface area contributed by atoms with E-state index >= 15 is 0 Å². The predicted octanol–water partition coefficient (Wildman–Crippen LogP) is 2.78. The van der Waals surface area contributed by atoms with Crippen molar-refractivity contribution in [3.05, 3.63) is 34.5 Å². The highest BCUT2D eigenvalue weighted by Gasteiger charge is 2.13. The summed E-state index contributed by atoms with van der Waals surface area (Å²) in [5, 5.41) is 1.88. The van der Waals surface area contributed by atoms with Crippen molar-refractivity contribution in [2.45, 2.75) is 6.92 Å². The lowest BCUT2D eigenvalue weighted by atomic mass is 10.0. The van der Waals surface area contributed by atoms with Crippen LogP contribution in [-0.4, -0.2) is 5.78 Å². The Labute approximate surface area is 97.7 Å². The van der Waals surface area contributed by atoms with E-state index in [9.17, 15) is 4.79 Å². The van der Waals surface area contributed by atoms with Crippen LogP contribution in [0.1, 0.15) is 16.6 Å². The lowest BCUT2D eigenvalue weighted by Crippen LogP contribution is -1.96. The molecular weight excluding hydrogens is 220 g/mol. The average Bonchev–Trinajstić information content (AvgIpc) is 2.70. The average molecular weight is 232 g/mol. The van der Waals surface area contributed by atoms with Gasteiger partial charge in [-0.05, 0) is 36.6 Å². The third kappa shape index (κ3) is 1.79. The van der Waals surface area contributed by atoms with Crippen molar-refractivity contribution in [1.29, 1.82) is 0 Å². The summed E-state index contributed by atoms with van der Waals surface area (Å²) >= 11 is 1.42. The molecule has 0 amide bonds. The molecule has 1 aromatic carbocycles. The molecule has 3 nitrogen and oxygen atoms in total. The molecule has 0 bridgehead atoms. The Morgan fingerprint density at radius 3 is 2.62 bits per heavy atom. The van der Waals surface area contributed by atoms with Crippen molar-refractivity contribution in [3.8, 4) is 11.1 Å². The fourth-order valence-electron chi connectivity index (χ4n) is 1.60. The summed E-state index contributed by atoms with van der Waals surface area (Å²) < 4.78 is 0. The van der Waals surface area contributed by atoms with Crippen LogP contribution in [0.25, 0.3) is 11.1 Å². The summed E-state index contributed by atoms with van der Waals surface area (Å²) in [6.07, 6.45) is 0. The standard InChI is InChI=1S/C12H12N2OS/c1-7(15)12-9(4-5-16-12)10-6-8(13)2-3-11(10)14/h2-6H,13-14H2,1H3. The quantitative estimate of drug-likeness (QED) is 0.618. The number of anilines is 2. The third-order valence-corrected chi connectivity index (χ3v) is 3.37. The molecule has 0 atom stereocenters. The molecule has 1 aromatic heterocycles. The number of hydrogen-bond donors (Lipinski definition) is 2. The zero-order chi connectivity index (χ0) is 11.7. The molecule has 82 valence electrons. The molecule has 4 heteroatoms. The maximum atomic E-state index is 11.4. The zero-order valence-corrected chi connectivity index (χ0v) is 9.67. The van der Waals surface area contributed by atoms with Crippen molar-refractivity contribution in [1.82, 2.24) is 0 Å². The van der Waals surface area contributed by atoms with Crippen LogP contribution >= 0.6 is 11.3 Å². The van der Waals surface area contributed by atoms with Crippen LogP contribution in [0.2, 0.25) is 0 Å². The van der Waals surface area contributed by atoms with Gasteiger partial charge in [0.05, 0.1) is 4.88 Å². The maximum absolute atomic E-state index is 11.4. The first-order valence-electron chi connectivity index (χ1n) is 4.83.